The number of pyridine rings is 1. The smallest absolute Gasteiger partial charge is 0.141 e. The topological polar surface area (TPSA) is 28.2 Å². The fourth-order valence-electron chi connectivity index (χ4n) is 1.67. The van der Waals surface area contributed by atoms with Gasteiger partial charge in [-0.15, -0.1) is 0 Å². The number of thioether (sulfide) groups is 1. The van der Waals surface area contributed by atoms with Gasteiger partial charge in [-0.2, -0.15) is 11.8 Å². The van der Waals surface area contributed by atoms with Gasteiger partial charge in [-0.05, 0) is 26.3 Å². The molecular formula is C12H20FN3S. The van der Waals surface area contributed by atoms with Gasteiger partial charge in [-0.3, -0.25) is 0 Å². The number of aromatic nitrogens is 1. The average molecular weight is 257 g/mol. The zero-order valence-electron chi connectivity index (χ0n) is 10.8. The largest absolute Gasteiger partial charge is 0.356 e. The van der Waals surface area contributed by atoms with E-state index in [0.29, 0.717) is 12.6 Å². The van der Waals surface area contributed by atoms with Gasteiger partial charge in [0.2, 0.25) is 0 Å². The summed E-state index contributed by atoms with van der Waals surface area (Å²) < 4.78 is 13.2. The summed E-state index contributed by atoms with van der Waals surface area (Å²) in [5, 5.41) is 3.04. The molecule has 0 saturated heterocycles. The van der Waals surface area contributed by atoms with E-state index in [4.69, 9.17) is 0 Å². The van der Waals surface area contributed by atoms with Gasteiger partial charge in [-0.1, -0.05) is 0 Å². The lowest BCUT2D eigenvalue weighted by Gasteiger charge is -2.27. The van der Waals surface area contributed by atoms with Crippen molar-refractivity contribution in [2.75, 3.05) is 31.0 Å². The number of rotatable bonds is 6. The molecule has 1 aromatic heterocycles. The fourth-order valence-corrected chi connectivity index (χ4v) is 2.38. The van der Waals surface area contributed by atoms with Crippen LogP contribution >= 0.6 is 11.8 Å². The average Bonchev–Trinajstić information content (AvgIpc) is 2.29. The van der Waals surface area contributed by atoms with E-state index >= 15 is 0 Å². The number of halogens is 1. The lowest BCUT2D eigenvalue weighted by molar-refractivity contribution is 0.614. The zero-order chi connectivity index (χ0) is 12.8. The summed E-state index contributed by atoms with van der Waals surface area (Å²) in [6.07, 6.45) is 3.35. The number of nitrogens with one attached hydrogen (secondary N) is 1. The fraction of sp³-hybridized carbons (Fsp3) is 0.583. The maximum absolute atomic E-state index is 13.2. The Hall–Kier alpha value is -0.810. The van der Waals surface area contributed by atoms with E-state index in [1.165, 1.54) is 6.20 Å². The van der Waals surface area contributed by atoms with Crippen LogP contribution in [0, 0.1) is 5.82 Å². The van der Waals surface area contributed by atoms with E-state index in [1.807, 2.05) is 14.1 Å². The molecule has 0 radical (unpaired) electrons. The van der Waals surface area contributed by atoms with Gasteiger partial charge in [-0.25, -0.2) is 9.37 Å². The molecule has 1 unspecified atom stereocenters. The quantitative estimate of drug-likeness (QED) is 0.845. The molecule has 0 aliphatic heterocycles. The van der Waals surface area contributed by atoms with Crippen molar-refractivity contribution in [3.05, 3.63) is 23.6 Å². The Bertz CT molecular complexity index is 360. The molecule has 0 spiro atoms. The highest BCUT2D eigenvalue weighted by Gasteiger charge is 2.15. The van der Waals surface area contributed by atoms with Crippen LogP contribution in [0.25, 0.3) is 0 Å². The van der Waals surface area contributed by atoms with Gasteiger partial charge < -0.3 is 10.2 Å². The lowest BCUT2D eigenvalue weighted by atomic mass is 10.2. The molecular weight excluding hydrogens is 237 g/mol. The van der Waals surface area contributed by atoms with Crippen molar-refractivity contribution in [3.8, 4) is 0 Å². The molecule has 0 amide bonds. The third kappa shape index (κ3) is 3.85. The molecule has 0 saturated carbocycles. The van der Waals surface area contributed by atoms with Crippen molar-refractivity contribution in [2.45, 2.75) is 19.5 Å². The van der Waals surface area contributed by atoms with Crippen molar-refractivity contribution >= 4 is 17.6 Å². The van der Waals surface area contributed by atoms with Crippen LogP contribution in [0.1, 0.15) is 12.5 Å². The molecule has 1 atom stereocenters. The minimum absolute atomic E-state index is 0.287. The Labute approximate surface area is 107 Å². The molecule has 0 fully saturated rings. The van der Waals surface area contributed by atoms with Crippen molar-refractivity contribution in [2.24, 2.45) is 0 Å². The predicted octanol–water partition coefficient (Wildman–Crippen LogP) is 2.13. The molecule has 3 nitrogen and oxygen atoms in total. The maximum Gasteiger partial charge on any atom is 0.141 e. The summed E-state index contributed by atoms with van der Waals surface area (Å²) >= 11 is 1.80. The first kappa shape index (κ1) is 14.3. The predicted molar refractivity (Wildman–Crippen MR) is 73.2 cm³/mol. The van der Waals surface area contributed by atoms with E-state index < -0.39 is 0 Å². The SMILES string of the molecule is CNCc1cc(F)cnc1N(C)C(C)CSC. The van der Waals surface area contributed by atoms with E-state index in [1.54, 1.807) is 17.8 Å². The third-order valence-corrected chi connectivity index (χ3v) is 3.50. The highest BCUT2D eigenvalue weighted by Crippen LogP contribution is 2.20. The molecule has 1 aromatic rings. The van der Waals surface area contributed by atoms with Crippen LogP contribution in [0.4, 0.5) is 10.2 Å². The number of hydrogen-bond acceptors (Lipinski definition) is 4. The molecule has 96 valence electrons. The molecule has 1 N–H and O–H groups in total. The van der Waals surface area contributed by atoms with Crippen LogP contribution in [0.3, 0.4) is 0 Å². The molecule has 0 bridgehead atoms. The second-order valence-electron chi connectivity index (χ2n) is 4.08. The van der Waals surface area contributed by atoms with Crippen LogP contribution < -0.4 is 10.2 Å². The normalized spacial score (nSPS) is 12.5. The van der Waals surface area contributed by atoms with E-state index in [9.17, 15) is 4.39 Å². The Balaban J connectivity index is 2.94. The van der Waals surface area contributed by atoms with Gasteiger partial charge in [0.1, 0.15) is 11.6 Å². The van der Waals surface area contributed by atoms with Crippen LogP contribution in [-0.2, 0) is 6.54 Å². The van der Waals surface area contributed by atoms with Crippen LogP contribution in [0.2, 0.25) is 0 Å². The molecule has 17 heavy (non-hydrogen) atoms. The van der Waals surface area contributed by atoms with Crippen molar-refractivity contribution in [1.29, 1.82) is 0 Å². The van der Waals surface area contributed by atoms with Gasteiger partial charge in [0.15, 0.2) is 0 Å². The Morgan fingerprint density at radius 3 is 2.88 bits per heavy atom. The first-order chi connectivity index (χ1) is 8.10. The summed E-state index contributed by atoms with van der Waals surface area (Å²) in [6.45, 7) is 2.76. The summed E-state index contributed by atoms with van der Waals surface area (Å²) in [5.41, 5.74) is 0.892. The minimum Gasteiger partial charge on any atom is -0.356 e. The van der Waals surface area contributed by atoms with Crippen LogP contribution in [0.5, 0.6) is 0 Å². The van der Waals surface area contributed by atoms with Crippen molar-refractivity contribution < 1.29 is 4.39 Å². The Morgan fingerprint density at radius 2 is 2.29 bits per heavy atom. The van der Waals surface area contributed by atoms with Crippen molar-refractivity contribution in [1.82, 2.24) is 10.3 Å². The molecule has 1 rings (SSSR count). The van der Waals surface area contributed by atoms with E-state index in [-0.39, 0.29) is 5.82 Å². The Morgan fingerprint density at radius 1 is 1.59 bits per heavy atom. The second kappa shape index (κ2) is 6.81. The lowest BCUT2D eigenvalue weighted by Crippen LogP contribution is -2.32. The number of nitrogens with zero attached hydrogens (tertiary/aromatic N) is 2. The van der Waals surface area contributed by atoms with Gasteiger partial charge in [0.25, 0.3) is 0 Å². The summed E-state index contributed by atoms with van der Waals surface area (Å²) in [6, 6.07) is 1.92. The molecule has 0 aliphatic rings. The maximum atomic E-state index is 13.2. The zero-order valence-corrected chi connectivity index (χ0v) is 11.6. The third-order valence-electron chi connectivity index (χ3n) is 2.68. The molecule has 1 heterocycles. The van der Waals surface area contributed by atoms with E-state index in [0.717, 1.165) is 17.1 Å². The number of anilines is 1. The molecule has 0 aliphatic carbocycles. The highest BCUT2D eigenvalue weighted by atomic mass is 32.2. The minimum atomic E-state index is -0.287. The summed E-state index contributed by atoms with van der Waals surface area (Å²) in [7, 11) is 3.85. The van der Waals surface area contributed by atoms with Crippen LogP contribution in [-0.4, -0.2) is 37.1 Å². The standard InChI is InChI=1S/C12H20FN3S/c1-9(8-17-4)16(3)12-10(6-14-2)5-11(13)7-15-12/h5,7,9,14H,6,8H2,1-4H3. The second-order valence-corrected chi connectivity index (χ2v) is 4.99. The van der Waals surface area contributed by atoms with Gasteiger partial charge in [0.05, 0.1) is 6.20 Å². The monoisotopic (exact) mass is 257 g/mol. The summed E-state index contributed by atoms with van der Waals surface area (Å²) in [5.74, 6) is 1.58. The van der Waals surface area contributed by atoms with E-state index in [2.05, 4.69) is 28.4 Å². The first-order valence-corrected chi connectivity index (χ1v) is 7.00. The number of hydrogen-bond donors (Lipinski definition) is 1. The Kier molecular flexibility index (Phi) is 5.71. The van der Waals surface area contributed by atoms with Crippen LogP contribution in [0.15, 0.2) is 12.3 Å². The molecule has 5 heteroatoms. The molecule has 0 aromatic carbocycles. The summed E-state index contributed by atoms with van der Waals surface area (Å²) in [4.78, 5) is 6.30. The first-order valence-electron chi connectivity index (χ1n) is 5.61. The van der Waals surface area contributed by atoms with Crippen molar-refractivity contribution in [3.63, 3.8) is 0 Å². The van der Waals surface area contributed by atoms with Gasteiger partial charge in [0, 0.05) is 31.0 Å². The highest BCUT2D eigenvalue weighted by molar-refractivity contribution is 7.98. The van der Waals surface area contributed by atoms with Gasteiger partial charge >= 0.3 is 0 Å².